The van der Waals surface area contributed by atoms with Crippen molar-refractivity contribution in [2.75, 3.05) is 13.1 Å². The fourth-order valence-corrected chi connectivity index (χ4v) is 3.41. The molecule has 1 amide bonds. The van der Waals surface area contributed by atoms with Crippen LogP contribution in [0.5, 0.6) is 0 Å². The molecular weight excluding hydrogens is 269 g/mol. The molecule has 2 aliphatic rings. The first-order chi connectivity index (χ1) is 9.22. The number of carbonyl (C=O) groups is 1. The van der Waals surface area contributed by atoms with Crippen molar-refractivity contribution in [2.45, 2.75) is 57.2 Å². The maximum Gasteiger partial charge on any atom is 0.391 e. The van der Waals surface area contributed by atoms with Gasteiger partial charge in [0.25, 0.3) is 0 Å². The van der Waals surface area contributed by atoms with Crippen LogP contribution in [0, 0.1) is 11.8 Å². The van der Waals surface area contributed by atoms with Crippen LogP contribution in [0.4, 0.5) is 13.2 Å². The Balaban J connectivity index is 1.95. The summed E-state index contributed by atoms with van der Waals surface area (Å²) in [6.07, 6.45) is -0.544. The van der Waals surface area contributed by atoms with Crippen LogP contribution in [0.3, 0.4) is 0 Å². The SMILES string of the molecule is CC1(N)CCCCC1C(=O)N1CCC(C(F)(F)F)CC1. The van der Waals surface area contributed by atoms with E-state index in [2.05, 4.69) is 0 Å². The largest absolute Gasteiger partial charge is 0.391 e. The standard InChI is InChI=1S/C14H23F3N2O/c1-13(18)7-3-2-4-11(13)12(20)19-8-5-10(6-9-19)14(15,16)17/h10-11H,2-9,18H2,1H3. The minimum absolute atomic E-state index is 0.0171. The van der Waals surface area contributed by atoms with E-state index in [0.717, 1.165) is 25.7 Å². The van der Waals surface area contributed by atoms with Crippen molar-refractivity contribution < 1.29 is 18.0 Å². The molecule has 0 bridgehead atoms. The van der Waals surface area contributed by atoms with Gasteiger partial charge < -0.3 is 10.6 Å². The number of hydrogen-bond donors (Lipinski definition) is 1. The topological polar surface area (TPSA) is 46.3 Å². The van der Waals surface area contributed by atoms with Gasteiger partial charge in [0, 0.05) is 18.6 Å². The molecule has 6 heteroatoms. The maximum absolute atomic E-state index is 12.6. The Morgan fingerprint density at radius 3 is 2.30 bits per heavy atom. The van der Waals surface area contributed by atoms with Crippen LogP contribution in [0.25, 0.3) is 0 Å². The summed E-state index contributed by atoms with van der Waals surface area (Å²) in [5.41, 5.74) is 5.68. The molecule has 2 fully saturated rings. The van der Waals surface area contributed by atoms with Crippen LogP contribution in [-0.4, -0.2) is 35.6 Å². The molecule has 2 atom stereocenters. The van der Waals surface area contributed by atoms with E-state index >= 15 is 0 Å². The molecule has 0 aromatic rings. The predicted molar refractivity (Wildman–Crippen MR) is 69.9 cm³/mol. The van der Waals surface area contributed by atoms with E-state index in [1.807, 2.05) is 6.92 Å². The van der Waals surface area contributed by atoms with Gasteiger partial charge in [-0.25, -0.2) is 0 Å². The Bertz CT molecular complexity index is 360. The lowest BCUT2D eigenvalue weighted by atomic mass is 9.73. The quantitative estimate of drug-likeness (QED) is 0.807. The minimum atomic E-state index is -4.14. The molecule has 0 aromatic heterocycles. The van der Waals surface area contributed by atoms with Crippen molar-refractivity contribution in [1.82, 2.24) is 4.90 Å². The van der Waals surface area contributed by atoms with E-state index in [-0.39, 0.29) is 37.8 Å². The first-order valence-corrected chi connectivity index (χ1v) is 7.36. The van der Waals surface area contributed by atoms with Crippen molar-refractivity contribution in [2.24, 2.45) is 17.6 Å². The highest BCUT2D eigenvalue weighted by Gasteiger charge is 2.44. The molecule has 2 N–H and O–H groups in total. The van der Waals surface area contributed by atoms with Gasteiger partial charge >= 0.3 is 6.18 Å². The Labute approximate surface area is 117 Å². The number of alkyl halides is 3. The monoisotopic (exact) mass is 292 g/mol. The zero-order valence-electron chi connectivity index (χ0n) is 11.9. The molecule has 2 unspecified atom stereocenters. The van der Waals surface area contributed by atoms with Crippen molar-refractivity contribution in [3.8, 4) is 0 Å². The zero-order valence-corrected chi connectivity index (χ0v) is 11.9. The van der Waals surface area contributed by atoms with E-state index in [1.165, 1.54) is 0 Å². The fourth-order valence-electron chi connectivity index (χ4n) is 3.41. The molecule has 1 aliphatic carbocycles. The third-order valence-corrected chi connectivity index (χ3v) is 4.82. The second-order valence-electron chi connectivity index (χ2n) is 6.45. The summed E-state index contributed by atoms with van der Waals surface area (Å²) in [6, 6.07) is 0. The lowest BCUT2D eigenvalue weighted by Gasteiger charge is -2.42. The molecule has 3 nitrogen and oxygen atoms in total. The molecule has 20 heavy (non-hydrogen) atoms. The molecule has 1 saturated carbocycles. The van der Waals surface area contributed by atoms with Gasteiger partial charge in [0.1, 0.15) is 0 Å². The van der Waals surface area contributed by atoms with Crippen LogP contribution in [-0.2, 0) is 4.79 Å². The van der Waals surface area contributed by atoms with Crippen molar-refractivity contribution >= 4 is 5.91 Å². The summed E-state index contributed by atoms with van der Waals surface area (Å²) in [4.78, 5) is 14.1. The summed E-state index contributed by atoms with van der Waals surface area (Å²) in [5, 5.41) is 0. The molecule has 0 radical (unpaired) electrons. The summed E-state index contributed by atoms with van der Waals surface area (Å²) in [7, 11) is 0. The van der Waals surface area contributed by atoms with Gasteiger partial charge in [-0.2, -0.15) is 13.2 Å². The Hall–Kier alpha value is -0.780. The van der Waals surface area contributed by atoms with Crippen molar-refractivity contribution in [3.05, 3.63) is 0 Å². The predicted octanol–water partition coefficient (Wildman–Crippen LogP) is 2.69. The number of hydrogen-bond acceptors (Lipinski definition) is 2. The molecule has 1 saturated heterocycles. The van der Waals surface area contributed by atoms with E-state index in [9.17, 15) is 18.0 Å². The molecule has 0 aromatic carbocycles. The summed E-state index contributed by atoms with van der Waals surface area (Å²) in [5.74, 6) is -1.55. The van der Waals surface area contributed by atoms with E-state index < -0.39 is 17.6 Å². The van der Waals surface area contributed by atoms with Crippen LogP contribution in [0.2, 0.25) is 0 Å². The van der Waals surface area contributed by atoms with E-state index in [1.54, 1.807) is 4.90 Å². The normalized spacial score (nSPS) is 33.2. The smallest absolute Gasteiger partial charge is 0.342 e. The highest BCUT2D eigenvalue weighted by Crippen LogP contribution is 2.37. The second-order valence-corrected chi connectivity index (χ2v) is 6.45. The van der Waals surface area contributed by atoms with Crippen molar-refractivity contribution in [3.63, 3.8) is 0 Å². The number of carbonyl (C=O) groups excluding carboxylic acids is 1. The first kappa shape index (κ1) is 15.6. The third kappa shape index (κ3) is 3.27. The number of halogens is 3. The van der Waals surface area contributed by atoms with Gasteiger partial charge in [0.2, 0.25) is 5.91 Å². The highest BCUT2D eigenvalue weighted by atomic mass is 19.4. The van der Waals surface area contributed by atoms with Gasteiger partial charge in [-0.3, -0.25) is 4.79 Å². The zero-order chi connectivity index (χ0) is 15.0. The minimum Gasteiger partial charge on any atom is -0.342 e. The summed E-state index contributed by atoms with van der Waals surface area (Å²) >= 11 is 0. The maximum atomic E-state index is 12.6. The summed E-state index contributed by atoms with van der Waals surface area (Å²) in [6.45, 7) is 2.29. The average molecular weight is 292 g/mol. The van der Waals surface area contributed by atoms with Gasteiger partial charge in [-0.15, -0.1) is 0 Å². The fraction of sp³-hybridized carbons (Fsp3) is 0.929. The number of rotatable bonds is 1. The number of nitrogens with zero attached hydrogens (tertiary/aromatic N) is 1. The van der Waals surface area contributed by atoms with Crippen LogP contribution < -0.4 is 5.73 Å². The first-order valence-electron chi connectivity index (χ1n) is 7.36. The number of nitrogens with two attached hydrogens (primary N) is 1. The van der Waals surface area contributed by atoms with Crippen LogP contribution in [0.15, 0.2) is 0 Å². The molecule has 116 valence electrons. The van der Waals surface area contributed by atoms with Gasteiger partial charge in [-0.05, 0) is 32.6 Å². The Morgan fingerprint density at radius 1 is 1.20 bits per heavy atom. The van der Waals surface area contributed by atoms with Gasteiger partial charge in [0.15, 0.2) is 0 Å². The molecule has 1 heterocycles. The third-order valence-electron chi connectivity index (χ3n) is 4.82. The number of piperidine rings is 1. The number of amides is 1. The van der Waals surface area contributed by atoms with E-state index in [0.29, 0.717) is 0 Å². The molecule has 1 aliphatic heterocycles. The molecule has 2 rings (SSSR count). The van der Waals surface area contributed by atoms with E-state index in [4.69, 9.17) is 5.73 Å². The highest BCUT2D eigenvalue weighted by molar-refractivity contribution is 5.80. The average Bonchev–Trinajstić information content (AvgIpc) is 2.36. The van der Waals surface area contributed by atoms with Crippen LogP contribution in [0.1, 0.15) is 45.4 Å². The Morgan fingerprint density at radius 2 is 1.80 bits per heavy atom. The van der Waals surface area contributed by atoms with Crippen LogP contribution >= 0.6 is 0 Å². The second kappa shape index (κ2) is 5.54. The molecule has 0 spiro atoms. The number of likely N-dealkylation sites (tertiary alicyclic amines) is 1. The van der Waals surface area contributed by atoms with Crippen molar-refractivity contribution in [1.29, 1.82) is 0 Å². The van der Waals surface area contributed by atoms with Gasteiger partial charge in [-0.1, -0.05) is 12.8 Å². The molecular formula is C14H23F3N2O. The van der Waals surface area contributed by atoms with Gasteiger partial charge in [0.05, 0.1) is 11.8 Å². The summed E-state index contributed by atoms with van der Waals surface area (Å²) < 4.78 is 37.9. The Kier molecular flexibility index (Phi) is 4.33. The lowest BCUT2D eigenvalue weighted by molar-refractivity contribution is -0.187. The lowest BCUT2D eigenvalue weighted by Crippen LogP contribution is -2.55.